The first-order chi connectivity index (χ1) is 17.6. The number of nitrogens with zero attached hydrogens (tertiary/aromatic N) is 5. The Morgan fingerprint density at radius 1 is 1.11 bits per heavy atom. The molecule has 0 saturated carbocycles. The van der Waals surface area contributed by atoms with Gasteiger partial charge in [0.1, 0.15) is 0 Å². The highest BCUT2D eigenvalue weighted by molar-refractivity contribution is 7.99. The summed E-state index contributed by atoms with van der Waals surface area (Å²) < 4.78 is 1.69. The first-order valence-corrected chi connectivity index (χ1v) is 13.2. The number of hydrogen-bond acceptors (Lipinski definition) is 6. The molecule has 0 unspecified atom stereocenters. The zero-order valence-corrected chi connectivity index (χ0v) is 21.1. The number of benzene rings is 2. The molecule has 0 atom stereocenters. The van der Waals surface area contributed by atoms with Crippen molar-refractivity contribution in [3.05, 3.63) is 77.1 Å². The number of carbonyl (C=O) groups is 1. The summed E-state index contributed by atoms with van der Waals surface area (Å²) in [5.41, 5.74) is 6.91. The summed E-state index contributed by atoms with van der Waals surface area (Å²) in [5, 5.41) is 8.56. The number of amides is 1. The second kappa shape index (κ2) is 9.40. The molecule has 0 radical (unpaired) electrons. The van der Waals surface area contributed by atoms with Crippen molar-refractivity contribution in [3.8, 4) is 5.95 Å². The van der Waals surface area contributed by atoms with Crippen molar-refractivity contribution in [2.75, 3.05) is 29.9 Å². The Morgan fingerprint density at radius 2 is 1.94 bits per heavy atom. The predicted octanol–water partition coefficient (Wildman–Crippen LogP) is 4.71. The van der Waals surface area contributed by atoms with E-state index in [9.17, 15) is 4.79 Å². The molecule has 2 aromatic carbocycles. The Hall–Kier alpha value is -3.69. The molecule has 0 aliphatic carbocycles. The second-order valence-corrected chi connectivity index (χ2v) is 10.3. The lowest BCUT2D eigenvalue weighted by Gasteiger charge is -2.27. The van der Waals surface area contributed by atoms with Gasteiger partial charge in [0.25, 0.3) is 5.91 Å². The maximum atomic E-state index is 13.2. The molecule has 9 heteroatoms. The van der Waals surface area contributed by atoms with Crippen LogP contribution in [-0.4, -0.2) is 60.1 Å². The minimum absolute atomic E-state index is 0.185. The highest BCUT2D eigenvalue weighted by atomic mass is 32.2. The SMILES string of the molecule is Cc1c(CN2CCSCC2)cccc1NC(=O)c1cnc2c(c1)c(C)nn2-c1nc2ccccc2[nH]1. The average molecular weight is 498 g/mol. The minimum atomic E-state index is -0.185. The van der Waals surface area contributed by atoms with Crippen LogP contribution in [0.3, 0.4) is 0 Å². The zero-order chi connectivity index (χ0) is 24.6. The number of thioether (sulfide) groups is 1. The van der Waals surface area contributed by atoms with E-state index in [2.05, 4.69) is 43.3 Å². The number of hydrogen-bond donors (Lipinski definition) is 2. The van der Waals surface area contributed by atoms with Crippen LogP contribution in [0.2, 0.25) is 0 Å². The van der Waals surface area contributed by atoms with Crippen LogP contribution in [0.4, 0.5) is 5.69 Å². The summed E-state index contributed by atoms with van der Waals surface area (Å²) >= 11 is 2.01. The summed E-state index contributed by atoms with van der Waals surface area (Å²) in [6, 6.07) is 15.8. The van der Waals surface area contributed by atoms with Crippen molar-refractivity contribution < 1.29 is 4.79 Å². The van der Waals surface area contributed by atoms with Gasteiger partial charge in [-0.05, 0) is 49.2 Å². The van der Waals surface area contributed by atoms with Crippen LogP contribution in [0.5, 0.6) is 0 Å². The molecule has 5 aromatic rings. The Balaban J connectivity index is 1.26. The van der Waals surface area contributed by atoms with Crippen LogP contribution in [0.25, 0.3) is 28.0 Å². The van der Waals surface area contributed by atoms with E-state index in [1.54, 1.807) is 10.9 Å². The van der Waals surface area contributed by atoms with Gasteiger partial charge in [-0.25, -0.2) is 9.97 Å². The Morgan fingerprint density at radius 3 is 2.78 bits per heavy atom. The van der Waals surface area contributed by atoms with E-state index in [0.717, 1.165) is 53.0 Å². The fourth-order valence-corrected chi connectivity index (χ4v) is 5.62. The van der Waals surface area contributed by atoms with Gasteiger partial charge in [0.15, 0.2) is 5.65 Å². The largest absolute Gasteiger partial charge is 0.322 e. The molecule has 6 rings (SSSR count). The molecule has 1 saturated heterocycles. The Bertz CT molecular complexity index is 1550. The molecule has 182 valence electrons. The van der Waals surface area contributed by atoms with Gasteiger partial charge in [0, 0.05) is 48.4 Å². The molecular formula is C27H27N7OS. The highest BCUT2D eigenvalue weighted by Crippen LogP contribution is 2.25. The smallest absolute Gasteiger partial charge is 0.257 e. The number of carbonyl (C=O) groups excluding carboxylic acids is 1. The molecule has 1 amide bonds. The summed E-state index contributed by atoms with van der Waals surface area (Å²) in [7, 11) is 0. The van der Waals surface area contributed by atoms with E-state index in [0.29, 0.717) is 17.2 Å². The van der Waals surface area contributed by atoms with E-state index in [1.165, 1.54) is 17.1 Å². The van der Waals surface area contributed by atoms with Crippen molar-refractivity contribution >= 4 is 45.4 Å². The van der Waals surface area contributed by atoms with E-state index in [4.69, 9.17) is 0 Å². The summed E-state index contributed by atoms with van der Waals surface area (Å²) in [6.07, 6.45) is 1.60. The summed E-state index contributed by atoms with van der Waals surface area (Å²) in [5.74, 6) is 2.77. The van der Waals surface area contributed by atoms with E-state index < -0.39 is 0 Å². The molecular weight excluding hydrogens is 470 g/mol. The van der Waals surface area contributed by atoms with Crippen molar-refractivity contribution in [2.45, 2.75) is 20.4 Å². The molecule has 0 bridgehead atoms. The lowest BCUT2D eigenvalue weighted by Crippen LogP contribution is -2.32. The monoisotopic (exact) mass is 497 g/mol. The number of nitrogens with one attached hydrogen (secondary N) is 2. The molecule has 4 heterocycles. The van der Waals surface area contributed by atoms with Gasteiger partial charge in [-0.15, -0.1) is 0 Å². The molecule has 1 fully saturated rings. The quantitative estimate of drug-likeness (QED) is 0.365. The number of rotatable bonds is 5. The van der Waals surface area contributed by atoms with Crippen LogP contribution >= 0.6 is 11.8 Å². The fraction of sp³-hybridized carbons (Fsp3) is 0.259. The number of aromatic amines is 1. The predicted molar refractivity (Wildman–Crippen MR) is 145 cm³/mol. The highest BCUT2D eigenvalue weighted by Gasteiger charge is 2.18. The maximum Gasteiger partial charge on any atom is 0.257 e. The standard InChI is InChI=1S/C27H27N7OS/c1-17-19(16-33-10-12-36-13-11-33)6-5-9-22(17)29-26(35)20-14-21-18(2)32-34(25(21)28-15-20)27-30-23-7-3-4-8-24(23)31-27/h3-9,14-15H,10-13,16H2,1-2H3,(H,29,35)(H,30,31). The van der Waals surface area contributed by atoms with Gasteiger partial charge >= 0.3 is 0 Å². The summed E-state index contributed by atoms with van der Waals surface area (Å²) in [4.78, 5) is 28.2. The molecule has 8 nitrogen and oxygen atoms in total. The summed E-state index contributed by atoms with van der Waals surface area (Å²) in [6.45, 7) is 7.11. The van der Waals surface area contributed by atoms with Crippen molar-refractivity contribution in [1.82, 2.24) is 29.6 Å². The van der Waals surface area contributed by atoms with Crippen molar-refractivity contribution in [1.29, 1.82) is 0 Å². The van der Waals surface area contributed by atoms with Crippen LogP contribution < -0.4 is 5.32 Å². The van der Waals surface area contributed by atoms with E-state index in [-0.39, 0.29) is 5.91 Å². The molecule has 3 aromatic heterocycles. The normalized spacial score (nSPS) is 14.5. The number of imidazole rings is 1. The topological polar surface area (TPSA) is 91.7 Å². The van der Waals surface area contributed by atoms with Gasteiger partial charge in [-0.2, -0.15) is 21.5 Å². The second-order valence-electron chi connectivity index (χ2n) is 9.10. The minimum Gasteiger partial charge on any atom is -0.322 e. The molecule has 2 N–H and O–H groups in total. The average Bonchev–Trinajstić information content (AvgIpc) is 3.48. The molecule has 0 spiro atoms. The molecule has 1 aliphatic heterocycles. The van der Waals surface area contributed by atoms with Gasteiger partial charge in [-0.3, -0.25) is 9.69 Å². The van der Waals surface area contributed by atoms with Crippen LogP contribution in [-0.2, 0) is 6.54 Å². The lowest BCUT2D eigenvalue weighted by molar-refractivity contribution is 0.102. The zero-order valence-electron chi connectivity index (χ0n) is 20.3. The van der Waals surface area contributed by atoms with Gasteiger partial charge in [0.05, 0.1) is 22.3 Å². The molecule has 36 heavy (non-hydrogen) atoms. The number of aryl methyl sites for hydroxylation is 1. The van der Waals surface area contributed by atoms with Crippen LogP contribution in [0.1, 0.15) is 27.2 Å². The maximum absolute atomic E-state index is 13.2. The van der Waals surface area contributed by atoms with Gasteiger partial charge in [0.2, 0.25) is 5.95 Å². The van der Waals surface area contributed by atoms with Crippen molar-refractivity contribution in [2.24, 2.45) is 0 Å². The van der Waals surface area contributed by atoms with Gasteiger partial charge < -0.3 is 10.3 Å². The number of para-hydroxylation sites is 2. The first kappa shape index (κ1) is 22.8. The van der Waals surface area contributed by atoms with E-state index in [1.807, 2.05) is 61.2 Å². The number of pyridine rings is 1. The van der Waals surface area contributed by atoms with Crippen molar-refractivity contribution in [3.63, 3.8) is 0 Å². The van der Waals surface area contributed by atoms with Crippen LogP contribution in [0.15, 0.2) is 54.7 Å². The number of aromatic nitrogens is 5. The third-order valence-electron chi connectivity index (χ3n) is 6.74. The van der Waals surface area contributed by atoms with Gasteiger partial charge in [-0.1, -0.05) is 24.3 Å². The molecule has 1 aliphatic rings. The number of fused-ring (bicyclic) bond motifs is 2. The third-order valence-corrected chi connectivity index (χ3v) is 7.68. The Kier molecular flexibility index (Phi) is 5.94. The Labute approximate surface area is 213 Å². The number of H-pyrrole nitrogens is 1. The lowest BCUT2D eigenvalue weighted by atomic mass is 10.1. The number of anilines is 1. The third kappa shape index (κ3) is 4.25. The van der Waals surface area contributed by atoms with Crippen LogP contribution in [0, 0.1) is 13.8 Å². The van der Waals surface area contributed by atoms with E-state index >= 15 is 0 Å². The first-order valence-electron chi connectivity index (χ1n) is 12.1. The fourth-order valence-electron chi connectivity index (χ4n) is 4.64.